The lowest BCUT2D eigenvalue weighted by atomic mass is 9.87. The normalized spacial score (nSPS) is 21.8. The number of rotatable bonds is 23. The number of phosphoric ester groups is 3. The van der Waals surface area contributed by atoms with Gasteiger partial charge in [0, 0.05) is 37.1 Å². The number of aromatic nitrogens is 4. The summed E-state index contributed by atoms with van der Waals surface area (Å²) >= 11 is 1.06. The predicted octanol–water partition coefficient (Wildman–Crippen LogP) is 0.577. The van der Waals surface area contributed by atoms with Gasteiger partial charge in [-0.3, -0.25) is 32.5 Å². The highest BCUT2D eigenvalue weighted by molar-refractivity contribution is 8.13. The summed E-state index contributed by atoms with van der Waals surface area (Å²) in [5, 5.41) is 26.3. The third-order valence-electron chi connectivity index (χ3n) is 7.72. The van der Waals surface area contributed by atoms with E-state index in [1.54, 1.807) is 6.08 Å². The number of hydrogen-bond acceptors (Lipinski definition) is 18. The van der Waals surface area contributed by atoms with Gasteiger partial charge in [0.25, 0.3) is 0 Å². The van der Waals surface area contributed by atoms with E-state index >= 15 is 0 Å². The maximum absolute atomic E-state index is 12.7. The smallest absolute Gasteiger partial charge is 0.386 e. The Labute approximate surface area is 330 Å². The van der Waals surface area contributed by atoms with E-state index in [4.69, 9.17) is 19.5 Å². The lowest BCUT2D eigenvalue weighted by Crippen LogP contribution is -2.46. The molecule has 0 bridgehead atoms. The number of phosphoric acid groups is 3. The summed E-state index contributed by atoms with van der Waals surface area (Å²) in [6.07, 6.45) is 1.56. The van der Waals surface area contributed by atoms with Gasteiger partial charge in [0.15, 0.2) is 22.8 Å². The second kappa shape index (κ2) is 21.3. The number of hydrogen-bond donors (Lipinski definition) is 9. The summed E-state index contributed by atoms with van der Waals surface area (Å²) in [5.41, 5.74) is 4.26. The third kappa shape index (κ3) is 15.6. The molecule has 2 aromatic rings. The van der Waals surface area contributed by atoms with Gasteiger partial charge in [-0.1, -0.05) is 49.9 Å². The molecule has 10 N–H and O–H groups in total. The van der Waals surface area contributed by atoms with E-state index in [2.05, 4.69) is 34.4 Å². The first kappa shape index (κ1) is 48.4. The van der Waals surface area contributed by atoms with Gasteiger partial charge in [-0.15, -0.1) is 0 Å². The Hall–Kier alpha value is -2.96. The van der Waals surface area contributed by atoms with E-state index in [-0.39, 0.29) is 48.0 Å². The van der Waals surface area contributed by atoms with Crippen LogP contribution in [0.15, 0.2) is 37.0 Å². The van der Waals surface area contributed by atoms with Crippen molar-refractivity contribution in [3.8, 4) is 0 Å². The van der Waals surface area contributed by atoms with Gasteiger partial charge in [0.2, 0.25) is 11.8 Å². The summed E-state index contributed by atoms with van der Waals surface area (Å²) in [4.78, 5) is 87.5. The monoisotopic (exact) mass is 889 g/mol. The van der Waals surface area contributed by atoms with Crippen molar-refractivity contribution in [1.29, 1.82) is 0 Å². The van der Waals surface area contributed by atoms with Crippen LogP contribution in [0, 0.1) is 5.41 Å². The molecule has 0 radical (unpaired) electrons. The molecule has 3 rings (SSSR count). The zero-order valence-corrected chi connectivity index (χ0v) is 34.3. The summed E-state index contributed by atoms with van der Waals surface area (Å²) in [6.45, 7) is 2.38. The topological polar surface area (TPSA) is 364 Å². The highest BCUT2D eigenvalue weighted by Crippen LogP contribution is 2.61. The van der Waals surface area contributed by atoms with Crippen LogP contribution in [-0.2, 0) is 50.7 Å². The summed E-state index contributed by atoms with van der Waals surface area (Å²) in [7, 11) is -16.4. The van der Waals surface area contributed by atoms with E-state index in [1.165, 1.54) is 13.8 Å². The minimum absolute atomic E-state index is 0.0299. The molecule has 1 fully saturated rings. The Morgan fingerprint density at radius 2 is 1.75 bits per heavy atom. The van der Waals surface area contributed by atoms with Gasteiger partial charge >= 0.3 is 23.5 Å². The SMILES string of the molecule is C/C=C/C/C=C/CC(=O)SCCNC(=O)CCNC(=O)C(O)C(C)(C)COP(=O)(O)OP(=O)(O)OCC1OC(n2cnc3c(N)ncnc32)C(O)C1OP(=O)(O)O. The third-order valence-corrected chi connectivity index (χ3v) is 11.7. The second-order valence-electron chi connectivity index (χ2n) is 12.8. The minimum Gasteiger partial charge on any atom is -0.386 e. The number of amides is 2. The van der Waals surface area contributed by atoms with Gasteiger partial charge in [0.1, 0.15) is 36.3 Å². The van der Waals surface area contributed by atoms with Crippen LogP contribution in [0.2, 0.25) is 0 Å². The first-order chi connectivity index (χ1) is 26.6. The molecular formula is C29H46N7O17P3S. The van der Waals surface area contributed by atoms with Crippen LogP contribution in [-0.4, -0.2) is 123 Å². The van der Waals surface area contributed by atoms with Crippen LogP contribution in [0.25, 0.3) is 11.2 Å². The summed E-state index contributed by atoms with van der Waals surface area (Å²) < 4.78 is 62.1. The number of aliphatic hydroxyl groups is 2. The number of carbonyl (C=O) groups excluding carboxylic acids is 3. The first-order valence-electron chi connectivity index (χ1n) is 16.9. The van der Waals surface area contributed by atoms with Crippen molar-refractivity contribution in [2.24, 2.45) is 5.41 Å². The van der Waals surface area contributed by atoms with Crippen molar-refractivity contribution in [2.45, 2.75) is 70.7 Å². The summed E-state index contributed by atoms with van der Waals surface area (Å²) in [5.74, 6) is -1.12. The zero-order chi connectivity index (χ0) is 42.6. The van der Waals surface area contributed by atoms with Crippen molar-refractivity contribution >= 4 is 69.1 Å². The predicted molar refractivity (Wildman–Crippen MR) is 200 cm³/mol. The van der Waals surface area contributed by atoms with Crippen LogP contribution >= 0.6 is 35.2 Å². The van der Waals surface area contributed by atoms with E-state index < -0.39 is 84.6 Å². The quantitative estimate of drug-likeness (QED) is 0.0418. The Balaban J connectivity index is 1.46. The molecule has 0 saturated carbocycles. The zero-order valence-electron chi connectivity index (χ0n) is 30.8. The summed E-state index contributed by atoms with van der Waals surface area (Å²) in [6, 6.07) is 0. The molecule has 1 saturated heterocycles. The molecule has 0 aromatic carbocycles. The fraction of sp³-hybridized carbons (Fsp3) is 0.586. The number of aliphatic hydroxyl groups excluding tert-OH is 2. The van der Waals surface area contributed by atoms with Crippen LogP contribution < -0.4 is 16.4 Å². The Morgan fingerprint density at radius 1 is 1.05 bits per heavy atom. The first-order valence-corrected chi connectivity index (χ1v) is 22.4. The number of nitrogens with one attached hydrogen (secondary N) is 2. The van der Waals surface area contributed by atoms with Gasteiger partial charge in [-0.05, 0) is 13.3 Å². The van der Waals surface area contributed by atoms with Crippen LogP contribution in [0.5, 0.6) is 0 Å². The maximum atomic E-state index is 12.7. The van der Waals surface area contributed by atoms with Crippen molar-refractivity contribution in [2.75, 3.05) is 37.8 Å². The van der Waals surface area contributed by atoms with Gasteiger partial charge in [-0.2, -0.15) is 4.31 Å². The molecule has 0 spiro atoms. The molecule has 0 aliphatic carbocycles. The molecule has 320 valence electrons. The largest absolute Gasteiger partial charge is 0.481 e. The molecule has 3 heterocycles. The highest BCUT2D eigenvalue weighted by Gasteiger charge is 2.50. The number of fused-ring (bicyclic) bond motifs is 1. The Kier molecular flexibility index (Phi) is 18.1. The average Bonchev–Trinajstić information content (AvgIpc) is 3.68. The average molecular weight is 890 g/mol. The van der Waals surface area contributed by atoms with Crippen molar-refractivity contribution in [3.05, 3.63) is 37.0 Å². The number of nitrogen functional groups attached to an aromatic ring is 1. The maximum Gasteiger partial charge on any atom is 0.481 e. The number of imidazole rings is 1. The molecular weight excluding hydrogens is 843 g/mol. The van der Waals surface area contributed by atoms with Crippen molar-refractivity contribution in [3.63, 3.8) is 0 Å². The Morgan fingerprint density at radius 3 is 2.44 bits per heavy atom. The number of nitrogens with two attached hydrogens (primary N) is 1. The van der Waals surface area contributed by atoms with E-state index in [9.17, 15) is 57.9 Å². The molecule has 7 atom stereocenters. The van der Waals surface area contributed by atoms with Gasteiger partial charge in [0.05, 0.1) is 19.5 Å². The number of allylic oxidation sites excluding steroid dienone is 4. The second-order valence-corrected chi connectivity index (χ2v) is 18.2. The van der Waals surface area contributed by atoms with Gasteiger partial charge in [-0.25, -0.2) is 28.6 Å². The molecule has 24 nitrogen and oxygen atoms in total. The highest BCUT2D eigenvalue weighted by atomic mass is 32.2. The van der Waals surface area contributed by atoms with E-state index in [1.807, 2.05) is 25.2 Å². The lowest BCUT2D eigenvalue weighted by molar-refractivity contribution is -0.137. The molecule has 57 heavy (non-hydrogen) atoms. The standard InChI is InChI=1S/C29H46N7O17P3S/c1-4-5-6-7-8-9-20(38)57-13-12-31-19(37)10-11-32-27(41)24(40)29(2,3)15-50-56(47,48)53-55(45,46)49-14-18-23(52-54(42,43)44)22(39)28(51-18)36-17-35-21-25(30)33-16-34-26(21)36/h4-5,7-8,16-18,22-24,28,39-40H,6,9-15H2,1-3H3,(H,31,37)(H,32,41)(H,45,46)(H,47,48)(H2,30,33,34)(H2,42,43,44)/b5-4+,8-7+. The van der Waals surface area contributed by atoms with Crippen molar-refractivity contribution in [1.82, 2.24) is 30.2 Å². The molecule has 7 unspecified atom stereocenters. The van der Waals surface area contributed by atoms with Crippen LogP contribution in [0.1, 0.15) is 46.3 Å². The molecule has 2 aromatic heterocycles. The minimum atomic E-state index is -5.57. The fourth-order valence-electron chi connectivity index (χ4n) is 4.84. The molecule has 28 heteroatoms. The lowest BCUT2D eigenvalue weighted by Gasteiger charge is -2.30. The number of anilines is 1. The molecule has 1 aliphatic heterocycles. The molecule has 1 aliphatic rings. The van der Waals surface area contributed by atoms with Crippen LogP contribution in [0.4, 0.5) is 5.82 Å². The van der Waals surface area contributed by atoms with E-state index in [0.29, 0.717) is 5.75 Å². The van der Waals surface area contributed by atoms with Crippen LogP contribution in [0.3, 0.4) is 0 Å². The number of ether oxygens (including phenoxy) is 1. The van der Waals surface area contributed by atoms with Crippen molar-refractivity contribution < 1.29 is 80.5 Å². The van der Waals surface area contributed by atoms with E-state index in [0.717, 1.165) is 35.4 Å². The Bertz CT molecular complexity index is 1910. The number of thioether (sulfide) groups is 1. The fourth-order valence-corrected chi connectivity index (χ4v) is 8.32. The number of carbonyl (C=O) groups is 3. The number of nitrogens with zero attached hydrogens (tertiary/aromatic N) is 4. The molecule has 2 amide bonds. The van der Waals surface area contributed by atoms with Gasteiger partial charge < -0.3 is 50.9 Å².